The normalized spacial score (nSPS) is 10.1. The molecule has 0 unspecified atom stereocenters. The van der Waals surface area contributed by atoms with E-state index < -0.39 is 0 Å². The van der Waals surface area contributed by atoms with Gasteiger partial charge in [0, 0.05) is 5.56 Å². The standard InChI is InChI=1S/C11H14O2/c1-3-9-4-10(7-12)6-11(5-9)8(2)13/h4-6,12H,3,7H2,1-2H3. The third kappa shape index (κ3) is 2.39. The molecule has 0 amide bonds. The molecule has 2 heteroatoms. The average molecular weight is 178 g/mol. The molecule has 0 radical (unpaired) electrons. The van der Waals surface area contributed by atoms with Gasteiger partial charge in [-0.05, 0) is 36.6 Å². The van der Waals surface area contributed by atoms with Crippen molar-refractivity contribution in [3.63, 3.8) is 0 Å². The molecule has 0 aromatic heterocycles. The molecule has 0 bridgehead atoms. The predicted molar refractivity (Wildman–Crippen MR) is 51.7 cm³/mol. The number of hydrogen-bond donors (Lipinski definition) is 1. The Balaban J connectivity index is 3.14. The lowest BCUT2D eigenvalue weighted by molar-refractivity contribution is 0.101. The van der Waals surface area contributed by atoms with Gasteiger partial charge in [-0.15, -0.1) is 0 Å². The highest BCUT2D eigenvalue weighted by Gasteiger charge is 2.02. The van der Waals surface area contributed by atoms with Crippen LogP contribution in [0, 0.1) is 0 Å². The number of rotatable bonds is 3. The Kier molecular flexibility index (Phi) is 3.20. The van der Waals surface area contributed by atoms with E-state index in [1.807, 2.05) is 19.1 Å². The van der Waals surface area contributed by atoms with Crippen LogP contribution in [-0.2, 0) is 13.0 Å². The van der Waals surface area contributed by atoms with E-state index in [9.17, 15) is 4.79 Å². The number of hydrogen-bond acceptors (Lipinski definition) is 2. The van der Waals surface area contributed by atoms with Crippen molar-refractivity contribution in [2.75, 3.05) is 0 Å². The van der Waals surface area contributed by atoms with Gasteiger partial charge in [-0.1, -0.05) is 13.0 Å². The maximum Gasteiger partial charge on any atom is 0.159 e. The molecule has 1 aromatic carbocycles. The third-order valence-corrected chi connectivity index (χ3v) is 2.05. The SMILES string of the molecule is CCc1cc(CO)cc(C(C)=O)c1. The summed E-state index contributed by atoms with van der Waals surface area (Å²) < 4.78 is 0. The fourth-order valence-corrected chi connectivity index (χ4v) is 1.26. The summed E-state index contributed by atoms with van der Waals surface area (Å²) in [7, 11) is 0. The van der Waals surface area contributed by atoms with Gasteiger partial charge in [-0.2, -0.15) is 0 Å². The Morgan fingerprint density at radius 1 is 1.31 bits per heavy atom. The van der Waals surface area contributed by atoms with Gasteiger partial charge in [-0.25, -0.2) is 0 Å². The second-order valence-electron chi connectivity index (χ2n) is 3.11. The summed E-state index contributed by atoms with van der Waals surface area (Å²) in [6.45, 7) is 3.56. The number of ketones is 1. The van der Waals surface area contributed by atoms with E-state index in [-0.39, 0.29) is 12.4 Å². The lowest BCUT2D eigenvalue weighted by Gasteiger charge is -2.04. The number of carbonyl (C=O) groups is 1. The first kappa shape index (κ1) is 9.93. The average Bonchev–Trinajstić information content (AvgIpc) is 2.16. The van der Waals surface area contributed by atoms with Crippen LogP contribution in [0.15, 0.2) is 18.2 Å². The lowest BCUT2D eigenvalue weighted by atomic mass is 10.0. The summed E-state index contributed by atoms with van der Waals surface area (Å²) in [5, 5.41) is 8.95. The monoisotopic (exact) mass is 178 g/mol. The molecule has 1 rings (SSSR count). The van der Waals surface area contributed by atoms with Crippen LogP contribution in [0.25, 0.3) is 0 Å². The highest BCUT2D eigenvalue weighted by atomic mass is 16.3. The molecule has 70 valence electrons. The topological polar surface area (TPSA) is 37.3 Å². The van der Waals surface area contributed by atoms with Gasteiger partial charge in [0.1, 0.15) is 0 Å². The van der Waals surface area contributed by atoms with Crippen LogP contribution >= 0.6 is 0 Å². The fraction of sp³-hybridized carbons (Fsp3) is 0.364. The predicted octanol–water partition coefficient (Wildman–Crippen LogP) is 1.94. The maximum atomic E-state index is 11.1. The molecule has 0 aliphatic rings. The van der Waals surface area contributed by atoms with Crippen LogP contribution in [-0.4, -0.2) is 10.9 Å². The van der Waals surface area contributed by atoms with E-state index >= 15 is 0 Å². The van der Waals surface area contributed by atoms with Gasteiger partial charge in [0.05, 0.1) is 6.61 Å². The van der Waals surface area contributed by atoms with Gasteiger partial charge < -0.3 is 5.11 Å². The minimum Gasteiger partial charge on any atom is -0.392 e. The summed E-state index contributed by atoms with van der Waals surface area (Å²) in [6.07, 6.45) is 0.883. The van der Waals surface area contributed by atoms with Crippen LogP contribution in [0.2, 0.25) is 0 Å². The van der Waals surface area contributed by atoms with Gasteiger partial charge >= 0.3 is 0 Å². The number of aliphatic hydroxyl groups excluding tert-OH is 1. The van der Waals surface area contributed by atoms with Crippen molar-refractivity contribution in [2.24, 2.45) is 0 Å². The fourth-order valence-electron chi connectivity index (χ4n) is 1.26. The van der Waals surface area contributed by atoms with Gasteiger partial charge in [0.25, 0.3) is 0 Å². The second kappa shape index (κ2) is 4.19. The van der Waals surface area contributed by atoms with E-state index in [4.69, 9.17) is 5.11 Å². The summed E-state index contributed by atoms with van der Waals surface area (Å²) in [6, 6.07) is 5.54. The number of benzene rings is 1. The molecule has 1 aromatic rings. The minimum atomic E-state index is -0.00583. The van der Waals surface area contributed by atoms with Crippen LogP contribution in [0.3, 0.4) is 0 Å². The van der Waals surface area contributed by atoms with E-state index in [2.05, 4.69) is 0 Å². The smallest absolute Gasteiger partial charge is 0.159 e. The molecular formula is C11H14O2. The van der Waals surface area contributed by atoms with E-state index in [1.54, 1.807) is 6.07 Å². The van der Waals surface area contributed by atoms with Crippen molar-refractivity contribution in [3.05, 3.63) is 34.9 Å². The molecule has 13 heavy (non-hydrogen) atoms. The van der Waals surface area contributed by atoms with E-state index in [0.717, 1.165) is 17.5 Å². The zero-order valence-corrected chi connectivity index (χ0v) is 8.00. The van der Waals surface area contributed by atoms with Gasteiger partial charge in [-0.3, -0.25) is 4.79 Å². The molecule has 1 N–H and O–H groups in total. The van der Waals surface area contributed by atoms with Crippen molar-refractivity contribution < 1.29 is 9.90 Å². The quantitative estimate of drug-likeness (QED) is 0.718. The van der Waals surface area contributed by atoms with Gasteiger partial charge in [0.15, 0.2) is 5.78 Å². The molecule has 0 spiro atoms. The lowest BCUT2D eigenvalue weighted by Crippen LogP contribution is -1.97. The first-order valence-electron chi connectivity index (χ1n) is 4.42. The van der Waals surface area contributed by atoms with E-state index in [1.165, 1.54) is 6.92 Å². The number of aryl methyl sites for hydroxylation is 1. The van der Waals surface area contributed by atoms with Crippen molar-refractivity contribution in [1.82, 2.24) is 0 Å². The van der Waals surface area contributed by atoms with Crippen molar-refractivity contribution in [1.29, 1.82) is 0 Å². The summed E-state index contributed by atoms with van der Waals surface area (Å²) >= 11 is 0. The molecule has 0 aliphatic carbocycles. The van der Waals surface area contributed by atoms with Crippen molar-refractivity contribution >= 4 is 5.78 Å². The number of carbonyl (C=O) groups excluding carboxylic acids is 1. The number of aliphatic hydroxyl groups is 1. The van der Waals surface area contributed by atoms with Crippen LogP contribution in [0.5, 0.6) is 0 Å². The summed E-state index contributed by atoms with van der Waals surface area (Å²) in [5.41, 5.74) is 2.59. The molecule has 0 atom stereocenters. The highest BCUT2D eigenvalue weighted by Crippen LogP contribution is 2.11. The molecular weight excluding hydrogens is 164 g/mol. The molecule has 0 fully saturated rings. The van der Waals surface area contributed by atoms with Gasteiger partial charge in [0.2, 0.25) is 0 Å². The number of Topliss-reactive ketones (excluding diaryl/α,β-unsaturated/α-hetero) is 1. The first-order chi connectivity index (χ1) is 6.17. The summed E-state index contributed by atoms with van der Waals surface area (Å²) in [4.78, 5) is 11.1. The molecule has 0 saturated heterocycles. The largest absolute Gasteiger partial charge is 0.392 e. The van der Waals surface area contributed by atoms with Crippen LogP contribution in [0.1, 0.15) is 35.3 Å². The van der Waals surface area contributed by atoms with Crippen LogP contribution in [0.4, 0.5) is 0 Å². The zero-order chi connectivity index (χ0) is 9.84. The Morgan fingerprint density at radius 3 is 2.38 bits per heavy atom. The first-order valence-corrected chi connectivity index (χ1v) is 4.42. The van der Waals surface area contributed by atoms with Crippen molar-refractivity contribution in [3.8, 4) is 0 Å². The van der Waals surface area contributed by atoms with Crippen LogP contribution < -0.4 is 0 Å². The summed E-state index contributed by atoms with van der Waals surface area (Å²) in [5.74, 6) is 0.0463. The zero-order valence-electron chi connectivity index (χ0n) is 8.00. The Morgan fingerprint density at radius 2 is 1.92 bits per heavy atom. The molecule has 0 heterocycles. The Hall–Kier alpha value is -1.15. The Bertz CT molecular complexity index is 294. The minimum absolute atomic E-state index is 0.00583. The van der Waals surface area contributed by atoms with Crippen molar-refractivity contribution in [2.45, 2.75) is 26.9 Å². The Labute approximate surface area is 78.2 Å². The third-order valence-electron chi connectivity index (χ3n) is 2.05. The highest BCUT2D eigenvalue weighted by molar-refractivity contribution is 5.94. The molecule has 0 saturated carbocycles. The second-order valence-corrected chi connectivity index (χ2v) is 3.11. The molecule has 0 aliphatic heterocycles. The maximum absolute atomic E-state index is 11.1. The van der Waals surface area contributed by atoms with E-state index in [0.29, 0.717) is 5.56 Å². The molecule has 2 nitrogen and oxygen atoms in total.